The molecule has 1 aromatic heterocycles. The summed E-state index contributed by atoms with van der Waals surface area (Å²) in [4.78, 5) is 25.8. The molecule has 1 unspecified atom stereocenters. The van der Waals surface area contributed by atoms with E-state index in [4.69, 9.17) is 5.73 Å². The molecule has 104 valence electrons. The molecule has 1 atom stereocenters. The summed E-state index contributed by atoms with van der Waals surface area (Å²) in [5, 5.41) is 9.16. The molecule has 0 aromatic carbocycles. The Morgan fingerprint density at radius 1 is 1.53 bits per heavy atom. The molecule has 7 nitrogen and oxygen atoms in total. The van der Waals surface area contributed by atoms with Crippen LogP contribution in [0.2, 0.25) is 0 Å². The minimum absolute atomic E-state index is 0.0191. The number of amides is 2. The number of rotatable bonds is 2. The molecular formula is C12H19N5O2. The molecule has 0 saturated carbocycles. The quantitative estimate of drug-likeness (QED) is 0.694. The van der Waals surface area contributed by atoms with Crippen molar-refractivity contribution in [3.8, 4) is 0 Å². The van der Waals surface area contributed by atoms with E-state index in [1.54, 1.807) is 18.9 Å². The minimum atomic E-state index is -0.155. The summed E-state index contributed by atoms with van der Waals surface area (Å²) in [5.74, 6) is -0.104. The molecule has 1 fully saturated rings. The molecule has 0 bridgehead atoms. The predicted molar refractivity (Wildman–Crippen MR) is 70.4 cm³/mol. The number of piperidine rings is 1. The van der Waals surface area contributed by atoms with E-state index in [0.29, 0.717) is 24.3 Å². The number of hydrogen-bond donors (Lipinski definition) is 3. The van der Waals surface area contributed by atoms with Gasteiger partial charge >= 0.3 is 0 Å². The van der Waals surface area contributed by atoms with Gasteiger partial charge < -0.3 is 16.0 Å². The number of carbonyl (C=O) groups excluding carboxylic acids is 2. The smallest absolute Gasteiger partial charge is 0.259 e. The van der Waals surface area contributed by atoms with Gasteiger partial charge in [-0.05, 0) is 19.8 Å². The number of nitrogens with zero attached hydrogens (tertiary/aromatic N) is 2. The third kappa shape index (κ3) is 2.54. The monoisotopic (exact) mass is 265 g/mol. The van der Waals surface area contributed by atoms with Crippen molar-refractivity contribution >= 4 is 17.6 Å². The highest BCUT2D eigenvalue weighted by atomic mass is 16.2. The summed E-state index contributed by atoms with van der Waals surface area (Å²) in [6.45, 7) is 2.84. The maximum Gasteiger partial charge on any atom is 0.259 e. The second-order valence-electron chi connectivity index (χ2n) is 4.81. The summed E-state index contributed by atoms with van der Waals surface area (Å²) < 4.78 is 0. The van der Waals surface area contributed by atoms with Gasteiger partial charge in [-0.15, -0.1) is 0 Å². The van der Waals surface area contributed by atoms with Crippen LogP contribution in [0.3, 0.4) is 0 Å². The number of hydrogen-bond acceptors (Lipinski definition) is 4. The molecule has 4 N–H and O–H groups in total. The number of aromatic nitrogens is 2. The fourth-order valence-corrected chi connectivity index (χ4v) is 2.46. The van der Waals surface area contributed by atoms with Gasteiger partial charge in [-0.3, -0.25) is 14.7 Å². The molecule has 7 heteroatoms. The first-order valence-electron chi connectivity index (χ1n) is 6.36. The van der Waals surface area contributed by atoms with Crippen LogP contribution in [-0.2, 0) is 4.79 Å². The molecule has 1 saturated heterocycles. The van der Waals surface area contributed by atoms with E-state index in [1.807, 2.05) is 0 Å². The molecule has 2 amide bonds. The van der Waals surface area contributed by atoms with Crippen molar-refractivity contribution in [2.75, 3.05) is 25.9 Å². The SMILES string of the molecule is CNC(=O)C1CCCN(C(=O)c2c(N)n[nH]c2C)C1. The van der Waals surface area contributed by atoms with Crippen LogP contribution < -0.4 is 11.1 Å². The zero-order valence-electron chi connectivity index (χ0n) is 11.2. The second kappa shape index (κ2) is 5.29. The zero-order chi connectivity index (χ0) is 14.0. The normalized spacial score (nSPS) is 19.3. The largest absolute Gasteiger partial charge is 0.382 e. The van der Waals surface area contributed by atoms with E-state index in [2.05, 4.69) is 15.5 Å². The minimum Gasteiger partial charge on any atom is -0.382 e. The van der Waals surface area contributed by atoms with Gasteiger partial charge in [0.2, 0.25) is 5.91 Å². The summed E-state index contributed by atoms with van der Waals surface area (Å²) in [7, 11) is 1.61. The third-order valence-electron chi connectivity index (χ3n) is 3.51. The number of nitrogens with one attached hydrogen (secondary N) is 2. The number of nitrogens with two attached hydrogens (primary N) is 1. The fourth-order valence-electron chi connectivity index (χ4n) is 2.46. The van der Waals surface area contributed by atoms with Crippen molar-refractivity contribution < 1.29 is 9.59 Å². The molecule has 2 rings (SSSR count). The Bertz CT molecular complexity index is 477. The summed E-state index contributed by atoms with van der Waals surface area (Å²) in [6, 6.07) is 0. The van der Waals surface area contributed by atoms with E-state index in [9.17, 15) is 9.59 Å². The van der Waals surface area contributed by atoms with Crippen molar-refractivity contribution in [3.05, 3.63) is 11.3 Å². The number of anilines is 1. The Labute approximate surface area is 111 Å². The number of aromatic amines is 1. The van der Waals surface area contributed by atoms with E-state index in [0.717, 1.165) is 12.8 Å². The average molecular weight is 265 g/mol. The maximum absolute atomic E-state index is 12.4. The lowest BCUT2D eigenvalue weighted by Gasteiger charge is -2.31. The van der Waals surface area contributed by atoms with Gasteiger partial charge in [0, 0.05) is 25.8 Å². The molecule has 2 heterocycles. The number of likely N-dealkylation sites (tertiary alicyclic amines) is 1. The first kappa shape index (κ1) is 13.4. The third-order valence-corrected chi connectivity index (χ3v) is 3.51. The van der Waals surface area contributed by atoms with Crippen LogP contribution in [0, 0.1) is 12.8 Å². The van der Waals surface area contributed by atoms with E-state index in [1.165, 1.54) is 0 Å². The summed E-state index contributed by atoms with van der Waals surface area (Å²) >= 11 is 0. The highest BCUT2D eigenvalue weighted by molar-refractivity contribution is 5.99. The zero-order valence-corrected chi connectivity index (χ0v) is 11.2. The van der Waals surface area contributed by atoms with Gasteiger partial charge in [0.25, 0.3) is 5.91 Å². The Kier molecular flexibility index (Phi) is 3.73. The van der Waals surface area contributed by atoms with Crippen LogP contribution in [0.25, 0.3) is 0 Å². The van der Waals surface area contributed by atoms with Gasteiger partial charge in [-0.2, -0.15) is 5.10 Å². The van der Waals surface area contributed by atoms with Crippen molar-refractivity contribution in [1.82, 2.24) is 20.4 Å². The van der Waals surface area contributed by atoms with Gasteiger partial charge in [0.1, 0.15) is 5.56 Å². The summed E-state index contributed by atoms with van der Waals surface area (Å²) in [6.07, 6.45) is 1.63. The Balaban J connectivity index is 2.14. The molecule has 1 aliphatic rings. The Hall–Kier alpha value is -2.05. The average Bonchev–Trinajstić information content (AvgIpc) is 2.76. The molecule has 19 heavy (non-hydrogen) atoms. The standard InChI is InChI=1S/C12H19N5O2/c1-7-9(10(13)16-15-7)12(19)17-5-3-4-8(6-17)11(18)14-2/h8H,3-6H2,1-2H3,(H,14,18)(H3,13,15,16). The highest BCUT2D eigenvalue weighted by Gasteiger charge is 2.30. The van der Waals surface area contributed by atoms with Crippen molar-refractivity contribution in [2.45, 2.75) is 19.8 Å². The van der Waals surface area contributed by atoms with Gasteiger partial charge in [-0.1, -0.05) is 0 Å². The molecule has 0 aliphatic carbocycles. The van der Waals surface area contributed by atoms with Crippen molar-refractivity contribution in [3.63, 3.8) is 0 Å². The highest BCUT2D eigenvalue weighted by Crippen LogP contribution is 2.21. The van der Waals surface area contributed by atoms with Crippen LogP contribution >= 0.6 is 0 Å². The topological polar surface area (TPSA) is 104 Å². The number of nitrogen functional groups attached to an aromatic ring is 1. The van der Waals surface area contributed by atoms with Crippen LogP contribution in [0.15, 0.2) is 0 Å². The molecule has 1 aromatic rings. The van der Waals surface area contributed by atoms with Gasteiger partial charge in [0.05, 0.1) is 5.92 Å². The fraction of sp³-hybridized carbons (Fsp3) is 0.583. The second-order valence-corrected chi connectivity index (χ2v) is 4.81. The Morgan fingerprint density at radius 3 is 2.84 bits per heavy atom. The van der Waals surface area contributed by atoms with Crippen LogP contribution in [0.1, 0.15) is 28.9 Å². The number of H-pyrrole nitrogens is 1. The molecule has 0 radical (unpaired) electrons. The van der Waals surface area contributed by atoms with E-state index in [-0.39, 0.29) is 23.6 Å². The van der Waals surface area contributed by atoms with Crippen LogP contribution in [0.4, 0.5) is 5.82 Å². The number of carbonyl (C=O) groups is 2. The van der Waals surface area contributed by atoms with Crippen molar-refractivity contribution in [1.29, 1.82) is 0 Å². The first-order chi connectivity index (χ1) is 9.04. The number of aryl methyl sites for hydroxylation is 1. The molecule has 1 aliphatic heterocycles. The molecular weight excluding hydrogens is 246 g/mol. The Morgan fingerprint density at radius 2 is 2.26 bits per heavy atom. The predicted octanol–water partition coefficient (Wildman–Crippen LogP) is -0.101. The maximum atomic E-state index is 12.4. The summed E-state index contributed by atoms with van der Waals surface area (Å²) in [5.41, 5.74) is 6.77. The lowest BCUT2D eigenvalue weighted by Crippen LogP contribution is -2.45. The lowest BCUT2D eigenvalue weighted by atomic mass is 9.96. The van der Waals surface area contributed by atoms with E-state index < -0.39 is 0 Å². The lowest BCUT2D eigenvalue weighted by molar-refractivity contribution is -0.125. The van der Waals surface area contributed by atoms with Crippen LogP contribution in [-0.4, -0.2) is 47.0 Å². The van der Waals surface area contributed by atoms with E-state index >= 15 is 0 Å². The molecule has 0 spiro atoms. The first-order valence-corrected chi connectivity index (χ1v) is 6.36. The van der Waals surface area contributed by atoms with Gasteiger partial charge in [-0.25, -0.2) is 0 Å². The van der Waals surface area contributed by atoms with Crippen LogP contribution in [0.5, 0.6) is 0 Å². The van der Waals surface area contributed by atoms with Crippen molar-refractivity contribution in [2.24, 2.45) is 5.92 Å². The van der Waals surface area contributed by atoms with Gasteiger partial charge in [0.15, 0.2) is 5.82 Å².